The van der Waals surface area contributed by atoms with Gasteiger partial charge in [0.05, 0.1) is 9.26 Å². The maximum atomic E-state index is 4.69. The van der Waals surface area contributed by atoms with Crippen LogP contribution in [0.15, 0.2) is 6.07 Å². The quantitative estimate of drug-likeness (QED) is 0.782. The summed E-state index contributed by atoms with van der Waals surface area (Å²) in [6.45, 7) is 9.38. The average Bonchev–Trinajstić information content (AvgIpc) is 2.70. The summed E-state index contributed by atoms with van der Waals surface area (Å²) in [5.74, 6) is 1.78. The molecule has 0 fully saturated rings. The molecule has 102 valence electrons. The van der Waals surface area contributed by atoms with Crippen molar-refractivity contribution in [3.8, 4) is 11.4 Å². The van der Waals surface area contributed by atoms with Gasteiger partial charge in [0.2, 0.25) is 0 Å². The predicted octanol–water partition coefficient (Wildman–Crippen LogP) is 4.56. The number of thiophene rings is 1. The van der Waals surface area contributed by atoms with Crippen LogP contribution in [0, 0.1) is 24.3 Å². The van der Waals surface area contributed by atoms with Crippen LogP contribution in [0.1, 0.15) is 28.8 Å². The van der Waals surface area contributed by atoms with Gasteiger partial charge in [0.15, 0.2) is 5.82 Å². The van der Waals surface area contributed by atoms with Crippen molar-refractivity contribution in [1.82, 2.24) is 9.97 Å². The van der Waals surface area contributed by atoms with E-state index in [0.717, 1.165) is 39.4 Å². The zero-order valence-corrected chi connectivity index (χ0v) is 14.6. The van der Waals surface area contributed by atoms with Crippen molar-refractivity contribution in [2.45, 2.75) is 34.1 Å². The molecule has 0 amide bonds. The lowest BCUT2D eigenvalue weighted by atomic mass is 10.2. The van der Waals surface area contributed by atoms with Crippen LogP contribution in [0.3, 0.4) is 0 Å². The highest BCUT2D eigenvalue weighted by atomic mass is 127. The van der Waals surface area contributed by atoms with E-state index >= 15 is 0 Å². The van der Waals surface area contributed by atoms with Crippen molar-refractivity contribution in [2.24, 2.45) is 0 Å². The van der Waals surface area contributed by atoms with E-state index in [9.17, 15) is 0 Å². The molecule has 0 saturated heterocycles. The zero-order chi connectivity index (χ0) is 14.0. The van der Waals surface area contributed by atoms with Gasteiger partial charge < -0.3 is 5.32 Å². The summed E-state index contributed by atoms with van der Waals surface area (Å²) in [5.41, 5.74) is 2.19. The van der Waals surface area contributed by atoms with Crippen molar-refractivity contribution in [3.63, 3.8) is 0 Å². The van der Waals surface area contributed by atoms with Crippen molar-refractivity contribution < 1.29 is 0 Å². The standard InChI is InChI=1S/C14H18IN3S/c1-5-6-16-14-12(15)9(3)17-13(18-14)11-7-8(2)19-10(11)4/h7H,5-6H2,1-4H3,(H,16,17,18). The molecule has 0 saturated carbocycles. The Kier molecular flexibility index (Phi) is 4.78. The van der Waals surface area contributed by atoms with Gasteiger partial charge >= 0.3 is 0 Å². The minimum Gasteiger partial charge on any atom is -0.369 e. The molecule has 0 atom stereocenters. The van der Waals surface area contributed by atoms with Crippen LogP contribution in [0.5, 0.6) is 0 Å². The van der Waals surface area contributed by atoms with Gasteiger partial charge in [-0.25, -0.2) is 9.97 Å². The fourth-order valence-corrected chi connectivity index (χ4v) is 3.24. The van der Waals surface area contributed by atoms with E-state index in [0.29, 0.717) is 0 Å². The van der Waals surface area contributed by atoms with E-state index in [1.807, 2.05) is 6.92 Å². The number of hydrogen-bond donors (Lipinski definition) is 1. The van der Waals surface area contributed by atoms with Crippen molar-refractivity contribution in [3.05, 3.63) is 25.1 Å². The number of aromatic nitrogens is 2. The molecule has 2 aromatic rings. The maximum absolute atomic E-state index is 4.69. The second kappa shape index (κ2) is 6.17. The van der Waals surface area contributed by atoms with E-state index in [1.165, 1.54) is 9.75 Å². The van der Waals surface area contributed by atoms with E-state index in [-0.39, 0.29) is 0 Å². The summed E-state index contributed by atoms with van der Waals surface area (Å²) in [7, 11) is 0. The molecule has 19 heavy (non-hydrogen) atoms. The fraction of sp³-hybridized carbons (Fsp3) is 0.429. The van der Waals surface area contributed by atoms with Crippen molar-refractivity contribution in [2.75, 3.05) is 11.9 Å². The van der Waals surface area contributed by atoms with Crippen LogP contribution in [-0.2, 0) is 0 Å². The lowest BCUT2D eigenvalue weighted by Gasteiger charge is -2.10. The van der Waals surface area contributed by atoms with Crippen LogP contribution in [0.2, 0.25) is 0 Å². The third kappa shape index (κ3) is 3.25. The predicted molar refractivity (Wildman–Crippen MR) is 91.1 cm³/mol. The molecule has 2 rings (SSSR count). The Morgan fingerprint density at radius 1 is 1.26 bits per heavy atom. The van der Waals surface area contributed by atoms with Crippen LogP contribution in [0.4, 0.5) is 5.82 Å². The second-order valence-electron chi connectivity index (χ2n) is 4.55. The van der Waals surface area contributed by atoms with Crippen LogP contribution in [-0.4, -0.2) is 16.5 Å². The second-order valence-corrected chi connectivity index (χ2v) is 7.09. The molecule has 0 aliphatic heterocycles. The normalized spacial score (nSPS) is 10.8. The van der Waals surface area contributed by atoms with Crippen molar-refractivity contribution >= 4 is 39.7 Å². The first-order valence-electron chi connectivity index (χ1n) is 6.38. The van der Waals surface area contributed by atoms with Gasteiger partial charge in [-0.1, -0.05) is 6.92 Å². The summed E-state index contributed by atoms with van der Waals surface area (Å²) in [6, 6.07) is 2.17. The number of rotatable bonds is 4. The molecule has 0 bridgehead atoms. The third-order valence-corrected chi connectivity index (χ3v) is 5.10. The largest absolute Gasteiger partial charge is 0.369 e. The molecule has 0 aliphatic rings. The smallest absolute Gasteiger partial charge is 0.162 e. The Hall–Kier alpha value is -0.690. The summed E-state index contributed by atoms with van der Waals surface area (Å²) in [6.07, 6.45) is 1.09. The summed E-state index contributed by atoms with van der Waals surface area (Å²) < 4.78 is 1.11. The van der Waals surface area contributed by atoms with E-state index in [4.69, 9.17) is 4.98 Å². The molecule has 3 nitrogen and oxygen atoms in total. The molecule has 0 radical (unpaired) electrons. The molecule has 0 spiro atoms. The third-order valence-electron chi connectivity index (χ3n) is 2.84. The SMILES string of the molecule is CCCNc1nc(-c2cc(C)sc2C)nc(C)c1I. The first kappa shape index (κ1) is 14.7. The topological polar surface area (TPSA) is 37.8 Å². The Labute approximate surface area is 132 Å². The summed E-state index contributed by atoms with van der Waals surface area (Å²) in [5, 5.41) is 3.38. The van der Waals surface area contributed by atoms with E-state index in [2.05, 4.69) is 59.7 Å². The summed E-state index contributed by atoms with van der Waals surface area (Å²) >= 11 is 4.11. The molecule has 5 heteroatoms. The van der Waals surface area contributed by atoms with Gasteiger partial charge in [-0.3, -0.25) is 0 Å². The highest BCUT2D eigenvalue weighted by Crippen LogP contribution is 2.30. The molecule has 0 aliphatic carbocycles. The molecule has 1 N–H and O–H groups in total. The maximum Gasteiger partial charge on any atom is 0.162 e. The first-order valence-corrected chi connectivity index (χ1v) is 8.27. The van der Waals surface area contributed by atoms with E-state index < -0.39 is 0 Å². The number of aryl methyl sites for hydroxylation is 3. The van der Waals surface area contributed by atoms with Gasteiger partial charge in [0.25, 0.3) is 0 Å². The Morgan fingerprint density at radius 3 is 2.58 bits per heavy atom. The van der Waals surface area contributed by atoms with Gasteiger partial charge in [0, 0.05) is 21.9 Å². The molecular weight excluding hydrogens is 369 g/mol. The molecular formula is C14H18IN3S. The van der Waals surface area contributed by atoms with Gasteiger partial charge in [-0.15, -0.1) is 11.3 Å². The summed E-state index contributed by atoms with van der Waals surface area (Å²) in [4.78, 5) is 11.9. The van der Waals surface area contributed by atoms with Gasteiger partial charge in [-0.05, 0) is 55.8 Å². The highest BCUT2D eigenvalue weighted by molar-refractivity contribution is 14.1. The lowest BCUT2D eigenvalue weighted by molar-refractivity contribution is 0.958. The number of nitrogens with zero attached hydrogens (tertiary/aromatic N) is 2. The fourth-order valence-electron chi connectivity index (χ4n) is 1.89. The minimum atomic E-state index is 0.832. The van der Waals surface area contributed by atoms with Gasteiger partial charge in [-0.2, -0.15) is 0 Å². The van der Waals surface area contributed by atoms with Gasteiger partial charge in [0.1, 0.15) is 5.82 Å². The number of anilines is 1. The number of hydrogen-bond acceptors (Lipinski definition) is 4. The molecule has 0 aromatic carbocycles. The number of nitrogens with one attached hydrogen (secondary N) is 1. The van der Waals surface area contributed by atoms with Crippen LogP contribution < -0.4 is 5.32 Å². The monoisotopic (exact) mass is 387 g/mol. The van der Waals surface area contributed by atoms with Crippen LogP contribution in [0.25, 0.3) is 11.4 Å². The first-order chi connectivity index (χ1) is 9.02. The number of halogens is 1. The Balaban J connectivity index is 2.47. The zero-order valence-electron chi connectivity index (χ0n) is 11.7. The van der Waals surface area contributed by atoms with E-state index in [1.54, 1.807) is 11.3 Å². The molecule has 0 unspecified atom stereocenters. The minimum absolute atomic E-state index is 0.832. The van der Waals surface area contributed by atoms with Crippen LogP contribution >= 0.6 is 33.9 Å². The highest BCUT2D eigenvalue weighted by Gasteiger charge is 2.13. The lowest BCUT2D eigenvalue weighted by Crippen LogP contribution is -2.07. The molecule has 2 heterocycles. The molecule has 2 aromatic heterocycles. The average molecular weight is 387 g/mol. The Bertz CT molecular complexity index is 593. The van der Waals surface area contributed by atoms with Crippen molar-refractivity contribution in [1.29, 1.82) is 0 Å². The Morgan fingerprint density at radius 2 is 2.00 bits per heavy atom.